The number of methoxy groups -OCH3 is 1. The normalized spacial score (nSPS) is 12.6. The van der Waals surface area contributed by atoms with E-state index in [1.807, 2.05) is 13.8 Å². The molecule has 1 aromatic heterocycles. The van der Waals surface area contributed by atoms with Crippen molar-refractivity contribution in [2.45, 2.75) is 19.9 Å². The van der Waals surface area contributed by atoms with Crippen LogP contribution in [0.4, 0.5) is 0 Å². The van der Waals surface area contributed by atoms with E-state index in [0.717, 1.165) is 0 Å². The highest BCUT2D eigenvalue weighted by molar-refractivity contribution is 7.12. The van der Waals surface area contributed by atoms with E-state index < -0.39 is 0 Å². The van der Waals surface area contributed by atoms with E-state index in [-0.39, 0.29) is 24.5 Å². The number of nitrogens with one attached hydrogen (secondary N) is 1. The Kier molecular flexibility index (Phi) is 4.76. The van der Waals surface area contributed by atoms with Gasteiger partial charge in [0.15, 0.2) is 0 Å². The van der Waals surface area contributed by atoms with Gasteiger partial charge in [0.1, 0.15) is 5.75 Å². The molecule has 1 unspecified atom stereocenters. The highest BCUT2D eigenvalue weighted by Crippen LogP contribution is 2.21. The quantitative estimate of drug-likeness (QED) is 0.824. The first-order chi connectivity index (χ1) is 7.58. The van der Waals surface area contributed by atoms with Crippen LogP contribution in [0.5, 0.6) is 5.75 Å². The maximum atomic E-state index is 11.8. The number of carbonyl (C=O) groups is 1. The van der Waals surface area contributed by atoms with Gasteiger partial charge in [-0.2, -0.15) is 0 Å². The van der Waals surface area contributed by atoms with Crippen molar-refractivity contribution in [3.05, 3.63) is 16.3 Å². The van der Waals surface area contributed by atoms with Crippen LogP contribution < -0.4 is 10.1 Å². The van der Waals surface area contributed by atoms with Crippen molar-refractivity contribution in [3.8, 4) is 5.75 Å². The summed E-state index contributed by atoms with van der Waals surface area (Å²) in [7, 11) is 1.56. The van der Waals surface area contributed by atoms with Gasteiger partial charge in [0, 0.05) is 11.4 Å². The van der Waals surface area contributed by atoms with Crippen LogP contribution in [0.1, 0.15) is 23.5 Å². The zero-order chi connectivity index (χ0) is 12.1. The molecule has 16 heavy (non-hydrogen) atoms. The van der Waals surface area contributed by atoms with Gasteiger partial charge in [-0.25, -0.2) is 0 Å². The molecule has 1 aromatic rings. The molecule has 0 saturated carbocycles. The summed E-state index contributed by atoms with van der Waals surface area (Å²) in [6.45, 7) is 3.86. The number of hydrogen-bond donors (Lipinski definition) is 2. The highest BCUT2D eigenvalue weighted by Gasteiger charge is 2.17. The molecule has 0 radical (unpaired) electrons. The van der Waals surface area contributed by atoms with E-state index in [1.54, 1.807) is 18.6 Å². The lowest BCUT2D eigenvalue weighted by Crippen LogP contribution is -2.40. The zero-order valence-corrected chi connectivity index (χ0v) is 10.5. The molecule has 2 N–H and O–H groups in total. The van der Waals surface area contributed by atoms with Crippen molar-refractivity contribution >= 4 is 17.2 Å². The van der Waals surface area contributed by atoms with Gasteiger partial charge < -0.3 is 15.2 Å². The van der Waals surface area contributed by atoms with Gasteiger partial charge in [0.25, 0.3) is 5.91 Å². The maximum absolute atomic E-state index is 11.8. The molecule has 1 atom stereocenters. The molecule has 0 fully saturated rings. The summed E-state index contributed by atoms with van der Waals surface area (Å²) >= 11 is 1.33. The third kappa shape index (κ3) is 3.21. The SMILES string of the molecule is COc1csc(C(=O)NC(CO)C(C)C)c1. The second-order valence-electron chi connectivity index (χ2n) is 3.86. The summed E-state index contributed by atoms with van der Waals surface area (Å²) in [5.41, 5.74) is 0. The van der Waals surface area contributed by atoms with Crippen LogP contribution in [0.15, 0.2) is 11.4 Å². The van der Waals surface area contributed by atoms with Crippen molar-refractivity contribution in [1.82, 2.24) is 5.32 Å². The number of thiophene rings is 1. The topological polar surface area (TPSA) is 58.6 Å². The Bertz CT molecular complexity index is 349. The highest BCUT2D eigenvalue weighted by atomic mass is 32.1. The van der Waals surface area contributed by atoms with Crippen LogP contribution in [0.3, 0.4) is 0 Å². The smallest absolute Gasteiger partial charge is 0.261 e. The lowest BCUT2D eigenvalue weighted by Gasteiger charge is -2.19. The maximum Gasteiger partial charge on any atom is 0.261 e. The van der Waals surface area contributed by atoms with Crippen LogP contribution in [0.25, 0.3) is 0 Å². The van der Waals surface area contributed by atoms with Crippen LogP contribution in [0.2, 0.25) is 0 Å². The molecular weight excluding hydrogens is 226 g/mol. The predicted octanol–water partition coefficient (Wildman–Crippen LogP) is 1.50. The number of amides is 1. The fourth-order valence-electron chi connectivity index (χ4n) is 1.21. The number of carbonyl (C=O) groups excluding carboxylic acids is 1. The summed E-state index contributed by atoms with van der Waals surface area (Å²) < 4.78 is 5.00. The van der Waals surface area contributed by atoms with Gasteiger partial charge in [-0.1, -0.05) is 13.8 Å². The van der Waals surface area contributed by atoms with E-state index in [9.17, 15) is 4.79 Å². The number of hydrogen-bond acceptors (Lipinski definition) is 4. The second kappa shape index (κ2) is 5.86. The fourth-order valence-corrected chi connectivity index (χ4v) is 1.97. The van der Waals surface area contributed by atoms with Crippen LogP contribution in [-0.4, -0.2) is 30.8 Å². The first kappa shape index (κ1) is 13.0. The number of aliphatic hydroxyl groups is 1. The third-order valence-corrected chi connectivity index (χ3v) is 3.26. The van der Waals surface area contributed by atoms with E-state index in [2.05, 4.69) is 5.32 Å². The molecule has 1 amide bonds. The van der Waals surface area contributed by atoms with Crippen molar-refractivity contribution in [2.24, 2.45) is 5.92 Å². The Morgan fingerprint density at radius 3 is 2.75 bits per heavy atom. The zero-order valence-electron chi connectivity index (χ0n) is 9.69. The van der Waals surface area contributed by atoms with Gasteiger partial charge in [-0.05, 0) is 5.92 Å². The van der Waals surface area contributed by atoms with Crippen molar-refractivity contribution in [3.63, 3.8) is 0 Å². The number of aliphatic hydroxyl groups excluding tert-OH is 1. The number of ether oxygens (including phenoxy) is 1. The molecule has 0 aliphatic rings. The van der Waals surface area contributed by atoms with Gasteiger partial charge in [-0.15, -0.1) is 11.3 Å². The molecule has 0 aromatic carbocycles. The fraction of sp³-hybridized carbons (Fsp3) is 0.545. The molecule has 4 nitrogen and oxygen atoms in total. The Morgan fingerprint density at radius 2 is 2.31 bits per heavy atom. The van der Waals surface area contributed by atoms with Crippen LogP contribution >= 0.6 is 11.3 Å². The number of rotatable bonds is 5. The van der Waals surface area contributed by atoms with Crippen molar-refractivity contribution in [2.75, 3.05) is 13.7 Å². The molecule has 0 spiro atoms. The molecule has 0 aliphatic heterocycles. The van der Waals surface area contributed by atoms with Crippen LogP contribution in [-0.2, 0) is 0 Å². The van der Waals surface area contributed by atoms with Crippen LogP contribution in [0, 0.1) is 5.92 Å². The molecule has 90 valence electrons. The molecule has 0 bridgehead atoms. The summed E-state index contributed by atoms with van der Waals surface area (Å²) in [6, 6.07) is 1.48. The predicted molar refractivity (Wildman–Crippen MR) is 64.0 cm³/mol. The standard InChI is InChI=1S/C11H17NO3S/c1-7(2)9(5-13)12-11(14)10-4-8(15-3)6-16-10/h4,6-7,9,13H,5H2,1-3H3,(H,12,14). The molecule has 5 heteroatoms. The monoisotopic (exact) mass is 243 g/mol. The molecule has 1 heterocycles. The van der Waals surface area contributed by atoms with Crippen molar-refractivity contribution in [1.29, 1.82) is 0 Å². The van der Waals surface area contributed by atoms with E-state index in [4.69, 9.17) is 9.84 Å². The van der Waals surface area contributed by atoms with Gasteiger partial charge in [-0.3, -0.25) is 4.79 Å². The van der Waals surface area contributed by atoms with Gasteiger partial charge in [0.2, 0.25) is 0 Å². The largest absolute Gasteiger partial charge is 0.496 e. The summed E-state index contributed by atoms with van der Waals surface area (Å²) in [4.78, 5) is 12.4. The Hall–Kier alpha value is -1.07. The lowest BCUT2D eigenvalue weighted by molar-refractivity contribution is 0.0901. The molecular formula is C11H17NO3S. The second-order valence-corrected chi connectivity index (χ2v) is 4.77. The minimum Gasteiger partial charge on any atom is -0.496 e. The molecule has 0 saturated heterocycles. The molecule has 0 aliphatic carbocycles. The van der Waals surface area contributed by atoms with Gasteiger partial charge >= 0.3 is 0 Å². The third-order valence-electron chi connectivity index (χ3n) is 2.35. The Labute approximate surface area is 99.2 Å². The Balaban J connectivity index is 2.64. The summed E-state index contributed by atoms with van der Waals surface area (Å²) in [6.07, 6.45) is 0. The minimum absolute atomic E-state index is 0.0497. The van der Waals surface area contributed by atoms with E-state index >= 15 is 0 Å². The summed E-state index contributed by atoms with van der Waals surface area (Å²) in [5.74, 6) is 0.720. The molecule has 1 rings (SSSR count). The van der Waals surface area contributed by atoms with E-state index in [0.29, 0.717) is 10.6 Å². The van der Waals surface area contributed by atoms with E-state index in [1.165, 1.54) is 11.3 Å². The first-order valence-corrected chi connectivity index (χ1v) is 6.00. The average molecular weight is 243 g/mol. The minimum atomic E-state index is -0.208. The average Bonchev–Trinajstić information content (AvgIpc) is 2.73. The first-order valence-electron chi connectivity index (χ1n) is 5.12. The summed E-state index contributed by atoms with van der Waals surface area (Å²) in [5, 5.41) is 13.7. The lowest BCUT2D eigenvalue weighted by atomic mass is 10.1. The van der Waals surface area contributed by atoms with Crippen molar-refractivity contribution < 1.29 is 14.6 Å². The Morgan fingerprint density at radius 1 is 1.62 bits per heavy atom. The van der Waals surface area contributed by atoms with Gasteiger partial charge in [0.05, 0.1) is 24.6 Å².